The Labute approximate surface area is 152 Å². The maximum absolute atomic E-state index is 12.7. The summed E-state index contributed by atoms with van der Waals surface area (Å²) < 4.78 is 28.0. The Bertz CT molecular complexity index is 996. The summed E-state index contributed by atoms with van der Waals surface area (Å²) in [6.07, 6.45) is 0.374. The Balaban J connectivity index is 1.92. The molecule has 1 fully saturated rings. The molecule has 0 aliphatic carbocycles. The highest BCUT2D eigenvalue weighted by molar-refractivity contribution is 7.92. The fourth-order valence-electron chi connectivity index (χ4n) is 3.02. The van der Waals surface area contributed by atoms with E-state index in [4.69, 9.17) is 0 Å². The lowest BCUT2D eigenvalue weighted by Crippen LogP contribution is -2.29. The van der Waals surface area contributed by atoms with Gasteiger partial charge in [0, 0.05) is 12.8 Å². The van der Waals surface area contributed by atoms with E-state index in [0.29, 0.717) is 16.9 Å². The first-order valence-corrected chi connectivity index (χ1v) is 9.74. The second-order valence-electron chi connectivity index (χ2n) is 6.50. The molecule has 1 saturated heterocycles. The van der Waals surface area contributed by atoms with Gasteiger partial charge in [-0.2, -0.15) is 0 Å². The molecule has 3 rings (SSSR count). The largest absolute Gasteiger partial charge is 0.279 e. The maximum atomic E-state index is 12.7. The molecule has 7 heteroatoms. The molecule has 0 radical (unpaired) electrons. The Kier molecular flexibility index (Phi) is 4.58. The van der Waals surface area contributed by atoms with Gasteiger partial charge in [-0.15, -0.1) is 0 Å². The van der Waals surface area contributed by atoms with E-state index in [1.54, 1.807) is 13.0 Å². The number of carbonyl (C=O) groups is 2. The molecule has 2 amide bonds. The third kappa shape index (κ3) is 3.35. The summed E-state index contributed by atoms with van der Waals surface area (Å²) in [6.45, 7) is 5.46. The van der Waals surface area contributed by atoms with Gasteiger partial charge in [-0.1, -0.05) is 17.7 Å². The van der Waals surface area contributed by atoms with Crippen molar-refractivity contribution < 1.29 is 18.0 Å². The van der Waals surface area contributed by atoms with Crippen LogP contribution in [0.4, 0.5) is 11.4 Å². The van der Waals surface area contributed by atoms with Crippen molar-refractivity contribution in [2.75, 3.05) is 9.62 Å². The molecule has 0 atom stereocenters. The molecule has 1 heterocycles. The lowest BCUT2D eigenvalue weighted by Gasteiger charge is -2.18. The maximum Gasteiger partial charge on any atom is 0.261 e. The molecule has 0 spiro atoms. The number of anilines is 2. The number of carbonyl (C=O) groups excluding carboxylic acids is 2. The van der Waals surface area contributed by atoms with Gasteiger partial charge in [0.2, 0.25) is 11.8 Å². The van der Waals surface area contributed by atoms with Crippen molar-refractivity contribution in [3.63, 3.8) is 0 Å². The van der Waals surface area contributed by atoms with Crippen LogP contribution in [0.25, 0.3) is 0 Å². The number of hydrogen-bond donors (Lipinski definition) is 1. The number of rotatable bonds is 4. The third-order valence-corrected chi connectivity index (χ3v) is 5.76. The van der Waals surface area contributed by atoms with Gasteiger partial charge in [-0.25, -0.2) is 8.42 Å². The van der Waals surface area contributed by atoms with Gasteiger partial charge in [-0.05, 0) is 56.2 Å². The summed E-state index contributed by atoms with van der Waals surface area (Å²) >= 11 is 0. The van der Waals surface area contributed by atoms with E-state index in [1.807, 2.05) is 26.0 Å². The van der Waals surface area contributed by atoms with Gasteiger partial charge in [0.15, 0.2) is 0 Å². The van der Waals surface area contributed by atoms with Crippen molar-refractivity contribution in [1.29, 1.82) is 0 Å². The lowest BCUT2D eigenvalue weighted by molar-refractivity contribution is -0.121. The van der Waals surface area contributed by atoms with Crippen LogP contribution in [0, 0.1) is 20.8 Å². The number of amides is 2. The predicted octanol–water partition coefficient (Wildman–Crippen LogP) is 3.07. The monoisotopic (exact) mass is 372 g/mol. The van der Waals surface area contributed by atoms with Gasteiger partial charge in [0.25, 0.3) is 10.0 Å². The van der Waals surface area contributed by atoms with Crippen LogP contribution >= 0.6 is 0 Å². The Hall–Kier alpha value is -2.67. The first kappa shape index (κ1) is 18.1. The zero-order valence-corrected chi connectivity index (χ0v) is 15.7. The van der Waals surface area contributed by atoms with E-state index in [9.17, 15) is 18.0 Å². The van der Waals surface area contributed by atoms with E-state index in [-0.39, 0.29) is 29.6 Å². The quantitative estimate of drug-likeness (QED) is 0.836. The van der Waals surface area contributed by atoms with Crippen molar-refractivity contribution in [2.24, 2.45) is 0 Å². The molecule has 1 aliphatic heterocycles. The van der Waals surface area contributed by atoms with Crippen LogP contribution in [0.1, 0.15) is 29.5 Å². The van der Waals surface area contributed by atoms with Crippen LogP contribution in [0.3, 0.4) is 0 Å². The summed E-state index contributed by atoms with van der Waals surface area (Å²) in [4.78, 5) is 25.0. The lowest BCUT2D eigenvalue weighted by atomic mass is 10.1. The molecule has 2 aromatic carbocycles. The van der Waals surface area contributed by atoms with Crippen LogP contribution in [0.15, 0.2) is 41.3 Å². The number of imide groups is 1. The highest BCUT2D eigenvalue weighted by Gasteiger charge is 2.31. The summed E-state index contributed by atoms with van der Waals surface area (Å²) in [6, 6.07) is 9.85. The molecule has 0 unspecified atom stereocenters. The van der Waals surface area contributed by atoms with Crippen molar-refractivity contribution in [1.82, 2.24) is 0 Å². The topological polar surface area (TPSA) is 83.6 Å². The number of nitrogens with zero attached hydrogens (tertiary/aromatic N) is 1. The average Bonchev–Trinajstić information content (AvgIpc) is 2.89. The highest BCUT2D eigenvalue weighted by atomic mass is 32.2. The Morgan fingerprint density at radius 3 is 2.12 bits per heavy atom. The fourth-order valence-corrected chi connectivity index (χ4v) is 4.24. The van der Waals surface area contributed by atoms with Crippen molar-refractivity contribution >= 4 is 33.2 Å². The molecular formula is C19H20N2O4S. The van der Waals surface area contributed by atoms with Crippen molar-refractivity contribution in [2.45, 2.75) is 38.5 Å². The number of aryl methyl sites for hydroxylation is 3. The van der Waals surface area contributed by atoms with E-state index in [0.717, 1.165) is 16.0 Å². The fraction of sp³-hybridized carbons (Fsp3) is 0.263. The van der Waals surface area contributed by atoms with Crippen LogP contribution in [0.2, 0.25) is 0 Å². The Morgan fingerprint density at radius 2 is 1.54 bits per heavy atom. The van der Waals surface area contributed by atoms with Crippen molar-refractivity contribution in [3.05, 3.63) is 53.1 Å². The predicted molar refractivity (Wildman–Crippen MR) is 99.6 cm³/mol. The second-order valence-corrected chi connectivity index (χ2v) is 8.18. The molecule has 136 valence electrons. The molecule has 26 heavy (non-hydrogen) atoms. The standard InChI is InChI=1S/C19H20N2O4S/c1-12-4-6-16(13(2)10-12)20-26(24,25)15-5-7-17(14(3)11-15)21-18(22)8-9-19(21)23/h4-7,10-11,20H,8-9H2,1-3H3. The van der Waals surface area contributed by atoms with Crippen LogP contribution < -0.4 is 9.62 Å². The number of nitrogens with one attached hydrogen (secondary N) is 1. The molecule has 0 bridgehead atoms. The molecular weight excluding hydrogens is 352 g/mol. The van der Waals surface area contributed by atoms with Gasteiger partial charge >= 0.3 is 0 Å². The summed E-state index contributed by atoms with van der Waals surface area (Å²) in [5.74, 6) is -0.524. The second kappa shape index (κ2) is 6.57. The van der Waals surface area contributed by atoms with Crippen molar-refractivity contribution in [3.8, 4) is 0 Å². The highest BCUT2D eigenvalue weighted by Crippen LogP contribution is 2.29. The number of benzene rings is 2. The Morgan fingerprint density at radius 1 is 0.885 bits per heavy atom. The third-order valence-electron chi connectivity index (χ3n) is 4.40. The normalized spacial score (nSPS) is 14.8. The van der Waals surface area contributed by atoms with Gasteiger partial charge < -0.3 is 0 Å². The first-order valence-electron chi connectivity index (χ1n) is 8.25. The summed E-state index contributed by atoms with van der Waals surface area (Å²) in [7, 11) is -3.78. The van der Waals surface area contributed by atoms with Gasteiger partial charge in [-0.3, -0.25) is 19.2 Å². The number of hydrogen-bond acceptors (Lipinski definition) is 4. The van der Waals surface area contributed by atoms with Crippen LogP contribution in [0.5, 0.6) is 0 Å². The molecule has 2 aromatic rings. The molecule has 1 aliphatic rings. The van der Waals surface area contributed by atoms with E-state index < -0.39 is 10.0 Å². The van der Waals surface area contributed by atoms with E-state index in [2.05, 4.69) is 4.72 Å². The zero-order chi connectivity index (χ0) is 19.1. The molecule has 1 N–H and O–H groups in total. The smallest absolute Gasteiger partial charge is 0.261 e. The van der Waals surface area contributed by atoms with E-state index >= 15 is 0 Å². The SMILES string of the molecule is Cc1ccc(NS(=O)(=O)c2ccc(N3C(=O)CCC3=O)c(C)c2)c(C)c1. The zero-order valence-electron chi connectivity index (χ0n) is 14.9. The molecule has 0 aromatic heterocycles. The minimum Gasteiger partial charge on any atom is -0.279 e. The van der Waals surface area contributed by atoms with Crippen LogP contribution in [-0.2, 0) is 19.6 Å². The van der Waals surface area contributed by atoms with Gasteiger partial charge in [0.1, 0.15) is 0 Å². The summed E-state index contributed by atoms with van der Waals surface area (Å²) in [5.41, 5.74) is 3.38. The van der Waals surface area contributed by atoms with Gasteiger partial charge in [0.05, 0.1) is 16.3 Å². The van der Waals surface area contributed by atoms with Crippen LogP contribution in [-0.4, -0.2) is 20.2 Å². The summed E-state index contributed by atoms with van der Waals surface area (Å²) in [5, 5.41) is 0. The molecule has 0 saturated carbocycles. The minimum absolute atomic E-state index is 0.0813. The molecule has 6 nitrogen and oxygen atoms in total. The first-order chi connectivity index (χ1) is 12.2. The number of sulfonamides is 1. The minimum atomic E-state index is -3.78. The average molecular weight is 372 g/mol. The van der Waals surface area contributed by atoms with E-state index in [1.165, 1.54) is 18.2 Å².